The third-order valence-electron chi connectivity index (χ3n) is 5.38. The number of nitro groups is 1. The third-order valence-corrected chi connectivity index (χ3v) is 9.59. The Balaban J connectivity index is 1.98. The highest BCUT2D eigenvalue weighted by Crippen LogP contribution is 2.43. The predicted molar refractivity (Wildman–Crippen MR) is 126 cm³/mol. The topological polar surface area (TPSA) is 79.6 Å². The first-order valence-corrected chi connectivity index (χ1v) is 13.0. The minimum Gasteiger partial charge on any atom is -0.333 e. The van der Waals surface area contributed by atoms with Gasteiger partial charge >= 0.3 is 0 Å². The minimum absolute atomic E-state index is 0.150. The summed E-state index contributed by atoms with van der Waals surface area (Å²) in [6.45, 7) is 1.57. The van der Waals surface area contributed by atoms with Crippen LogP contribution in [0.15, 0.2) is 35.5 Å². The van der Waals surface area contributed by atoms with Gasteiger partial charge in [-0.2, -0.15) is 0 Å². The Morgan fingerprint density at radius 3 is 2.80 bits per heavy atom. The normalized spacial score (nSPS) is 20.6. The van der Waals surface area contributed by atoms with Gasteiger partial charge in [0, 0.05) is 49.5 Å². The molecule has 3 heterocycles. The van der Waals surface area contributed by atoms with Crippen LogP contribution >= 0.6 is 31.9 Å². The lowest BCUT2D eigenvalue weighted by molar-refractivity contribution is -0.385. The second-order valence-electron chi connectivity index (χ2n) is 6.89. The maximum atomic E-state index is 14.8. The van der Waals surface area contributed by atoms with Crippen LogP contribution in [-0.4, -0.2) is 47.2 Å². The van der Waals surface area contributed by atoms with Crippen molar-refractivity contribution in [3.05, 3.63) is 57.4 Å². The number of hydrogen-bond donors (Lipinski definition) is 0. The van der Waals surface area contributed by atoms with Crippen LogP contribution in [0.25, 0.3) is 0 Å². The highest BCUT2D eigenvalue weighted by molar-refractivity contribution is 9.09. The number of halogens is 2. The van der Waals surface area contributed by atoms with Crippen molar-refractivity contribution in [3.63, 3.8) is 0 Å². The molecule has 1 aromatic heterocycles. The number of terminal acetylenes is 1. The lowest BCUT2D eigenvalue weighted by atomic mass is 10.0. The largest absolute Gasteiger partial charge is 0.333 e. The Kier molecular flexibility index (Phi) is 5.90. The van der Waals surface area contributed by atoms with E-state index in [4.69, 9.17) is 6.42 Å². The van der Waals surface area contributed by atoms with Crippen molar-refractivity contribution in [3.8, 4) is 12.3 Å². The van der Waals surface area contributed by atoms with Gasteiger partial charge in [-0.1, -0.05) is 37.8 Å². The number of anilines is 1. The summed E-state index contributed by atoms with van der Waals surface area (Å²) < 4.78 is 16.7. The van der Waals surface area contributed by atoms with Crippen LogP contribution in [0.4, 0.5) is 11.4 Å². The second kappa shape index (κ2) is 8.30. The molecule has 0 bridgehead atoms. The molecule has 10 heteroatoms. The number of non-ortho nitro benzene ring substituents is 1. The molecule has 7 nitrogen and oxygen atoms in total. The molecule has 0 spiro atoms. The van der Waals surface area contributed by atoms with Crippen LogP contribution in [0.1, 0.15) is 16.7 Å². The van der Waals surface area contributed by atoms with E-state index in [0.717, 1.165) is 12.0 Å². The van der Waals surface area contributed by atoms with Gasteiger partial charge in [-0.25, -0.2) is 8.51 Å². The Morgan fingerprint density at radius 2 is 2.13 bits per heavy atom. The van der Waals surface area contributed by atoms with E-state index >= 15 is 0 Å². The van der Waals surface area contributed by atoms with Crippen LogP contribution in [0.5, 0.6) is 0 Å². The Hall–Kier alpha value is -1.93. The van der Waals surface area contributed by atoms with Crippen LogP contribution in [0.3, 0.4) is 0 Å². The van der Waals surface area contributed by atoms with Gasteiger partial charge in [-0.3, -0.25) is 15.1 Å². The molecular weight excluding hydrogens is 536 g/mol. The van der Waals surface area contributed by atoms with Crippen molar-refractivity contribution in [1.82, 2.24) is 9.29 Å². The van der Waals surface area contributed by atoms with Crippen LogP contribution < -0.4 is 4.90 Å². The predicted octanol–water partition coefficient (Wildman–Crippen LogP) is 3.33. The number of alkyl halides is 2. The van der Waals surface area contributed by atoms with Crippen molar-refractivity contribution in [2.45, 2.75) is 17.9 Å². The first kappa shape index (κ1) is 21.3. The van der Waals surface area contributed by atoms with Crippen molar-refractivity contribution < 1.29 is 9.13 Å². The van der Waals surface area contributed by atoms with Crippen LogP contribution in [0, 0.1) is 22.5 Å². The van der Waals surface area contributed by atoms with E-state index < -0.39 is 14.6 Å². The number of pyridine rings is 1. The van der Waals surface area contributed by atoms with Gasteiger partial charge in [-0.15, -0.1) is 6.42 Å². The smallest absolute Gasteiger partial charge is 0.272 e. The standard InChI is InChI=1S/C20H18Br2N4O3S/c1-2-14-9-17(26(27)28)10-18-20(14)25(8-5-21)19(11-22)30(18,29)24-7-4-15-3-6-23-12-16(15)13-24/h1,3,6,9-10,12H,4-5,7-8,11,13H2. The summed E-state index contributed by atoms with van der Waals surface area (Å²) in [6, 6.07) is 4.79. The van der Waals surface area contributed by atoms with E-state index in [1.165, 1.54) is 17.7 Å². The summed E-state index contributed by atoms with van der Waals surface area (Å²) in [7, 11) is -2.93. The molecule has 2 aromatic rings. The molecule has 0 amide bonds. The fourth-order valence-corrected chi connectivity index (χ4v) is 8.51. The number of nitrogens with zero attached hydrogens (tertiary/aromatic N) is 4. The maximum Gasteiger partial charge on any atom is 0.272 e. The van der Waals surface area contributed by atoms with Crippen molar-refractivity contribution in [2.75, 3.05) is 28.6 Å². The van der Waals surface area contributed by atoms with Gasteiger partial charge in [-0.05, 0) is 23.6 Å². The molecule has 2 aliphatic rings. The average molecular weight is 554 g/mol. The number of hydrogen-bond acceptors (Lipinski definition) is 5. The molecule has 1 aromatic carbocycles. The van der Waals surface area contributed by atoms with Gasteiger partial charge < -0.3 is 4.90 Å². The van der Waals surface area contributed by atoms with Crippen LogP contribution in [0.2, 0.25) is 0 Å². The van der Waals surface area contributed by atoms with E-state index in [2.05, 4.69) is 42.8 Å². The third kappa shape index (κ3) is 3.24. The summed E-state index contributed by atoms with van der Waals surface area (Å²) in [4.78, 5) is 18.3. The highest BCUT2D eigenvalue weighted by Gasteiger charge is 2.41. The molecule has 4 rings (SSSR count). The van der Waals surface area contributed by atoms with Gasteiger partial charge in [0.2, 0.25) is 0 Å². The second-order valence-corrected chi connectivity index (χ2v) is 10.7. The fourth-order valence-electron chi connectivity index (χ4n) is 4.03. The quantitative estimate of drug-likeness (QED) is 0.186. The van der Waals surface area contributed by atoms with E-state index in [1.807, 2.05) is 15.3 Å². The highest BCUT2D eigenvalue weighted by atomic mass is 79.9. The molecule has 0 radical (unpaired) electrons. The number of fused-ring (bicyclic) bond motifs is 2. The zero-order chi connectivity index (χ0) is 21.5. The zero-order valence-electron chi connectivity index (χ0n) is 15.9. The maximum absolute atomic E-state index is 14.8. The monoisotopic (exact) mass is 552 g/mol. The van der Waals surface area contributed by atoms with E-state index in [0.29, 0.717) is 51.4 Å². The van der Waals surface area contributed by atoms with E-state index in [-0.39, 0.29) is 5.69 Å². The van der Waals surface area contributed by atoms with Gasteiger partial charge in [0.15, 0.2) is 0 Å². The summed E-state index contributed by atoms with van der Waals surface area (Å²) in [5.74, 6) is 2.57. The lowest BCUT2D eigenvalue weighted by Crippen LogP contribution is -2.42. The molecule has 0 fully saturated rings. The SMILES string of the molecule is C#Cc1cc([N+](=O)[O-])cc2c1N(CCBr)C(CBr)=S2(=O)N1CCc2ccncc2C1. The number of benzene rings is 1. The van der Waals surface area contributed by atoms with E-state index in [9.17, 15) is 14.3 Å². The van der Waals surface area contributed by atoms with Crippen LogP contribution in [-0.2, 0) is 22.7 Å². The van der Waals surface area contributed by atoms with E-state index in [1.54, 1.807) is 12.4 Å². The van der Waals surface area contributed by atoms with Gasteiger partial charge in [0.25, 0.3) is 5.69 Å². The summed E-state index contributed by atoms with van der Waals surface area (Å²) in [5.41, 5.74) is 3.05. The Labute approximate surface area is 192 Å². The fraction of sp³-hybridized carbons (Fsp3) is 0.300. The molecule has 0 saturated heterocycles. The molecule has 0 saturated carbocycles. The molecule has 156 valence electrons. The van der Waals surface area contributed by atoms with Gasteiger partial charge in [0.1, 0.15) is 4.99 Å². The lowest BCUT2D eigenvalue weighted by Gasteiger charge is -2.31. The number of aromatic nitrogens is 1. The van der Waals surface area contributed by atoms with Crippen molar-refractivity contribution in [2.24, 2.45) is 0 Å². The first-order valence-electron chi connectivity index (χ1n) is 9.21. The van der Waals surface area contributed by atoms with Gasteiger partial charge in [0.05, 0.1) is 36.1 Å². The molecule has 0 N–H and O–H groups in total. The number of nitro benzene ring substituents is 1. The van der Waals surface area contributed by atoms with Crippen molar-refractivity contribution in [1.29, 1.82) is 0 Å². The molecule has 1 atom stereocenters. The average Bonchev–Trinajstić information content (AvgIpc) is 3.01. The summed E-state index contributed by atoms with van der Waals surface area (Å²) in [6.07, 6.45) is 10.0. The molecular formula is C20H18Br2N4O3S. The molecule has 0 aliphatic carbocycles. The Morgan fingerprint density at radius 1 is 1.33 bits per heavy atom. The summed E-state index contributed by atoms with van der Waals surface area (Å²) >= 11 is 6.98. The first-order chi connectivity index (χ1) is 14.4. The Bertz CT molecular complexity index is 1200. The zero-order valence-corrected chi connectivity index (χ0v) is 19.9. The summed E-state index contributed by atoms with van der Waals surface area (Å²) in [5, 5.41) is 12.6. The minimum atomic E-state index is -2.93. The molecule has 2 aliphatic heterocycles. The molecule has 1 unspecified atom stereocenters. The molecule has 30 heavy (non-hydrogen) atoms. The number of rotatable bonds is 5. The van der Waals surface area contributed by atoms with Crippen molar-refractivity contribution >= 4 is 57.9 Å².